The van der Waals surface area contributed by atoms with Crippen LogP contribution in [0.15, 0.2) is 59.2 Å². The van der Waals surface area contributed by atoms with Crippen LogP contribution in [0.2, 0.25) is 0 Å². The molecule has 3 nitrogen and oxygen atoms in total. The van der Waals surface area contributed by atoms with Crippen molar-refractivity contribution in [2.45, 2.75) is 12.8 Å². The summed E-state index contributed by atoms with van der Waals surface area (Å²) >= 11 is 0. The average Bonchev–Trinajstić information content (AvgIpc) is 2.42. The normalized spacial score (nSPS) is 17.6. The predicted octanol–water partition coefficient (Wildman–Crippen LogP) is 2.60. The van der Waals surface area contributed by atoms with Gasteiger partial charge in [-0.15, -0.1) is 0 Å². The molecule has 1 fully saturated rings. The molecule has 1 aromatic carbocycles. The monoisotopic (exact) mass is 254 g/mol. The molecule has 19 heavy (non-hydrogen) atoms. The first-order valence-corrected chi connectivity index (χ1v) is 6.35. The van der Waals surface area contributed by atoms with E-state index >= 15 is 0 Å². The van der Waals surface area contributed by atoms with Gasteiger partial charge in [0.25, 0.3) is 0 Å². The molecule has 0 saturated carbocycles. The van der Waals surface area contributed by atoms with Crippen molar-refractivity contribution in [1.82, 2.24) is 4.90 Å². The highest BCUT2D eigenvalue weighted by Crippen LogP contribution is 2.21. The van der Waals surface area contributed by atoms with Gasteiger partial charge in [-0.2, -0.15) is 0 Å². The van der Waals surface area contributed by atoms with Crippen LogP contribution in [0.5, 0.6) is 0 Å². The second kappa shape index (κ2) is 6.14. The zero-order valence-corrected chi connectivity index (χ0v) is 11.0. The molecule has 1 aliphatic rings. The van der Waals surface area contributed by atoms with Crippen LogP contribution < -0.4 is 0 Å². The molecule has 1 aromatic rings. The standard InChI is InChI=1S/C16H18N2O/c1-13-8-9-18(12-15(13)11-17-2)16(19)10-14-6-4-3-5-7-14/h3-7,11H,1-2,8-10,12H2/b15-11-. The minimum atomic E-state index is 0.147. The zero-order chi connectivity index (χ0) is 13.7. The van der Waals surface area contributed by atoms with Crippen LogP contribution in [0.4, 0.5) is 0 Å². The summed E-state index contributed by atoms with van der Waals surface area (Å²) in [7, 11) is 0. The molecule has 0 N–H and O–H groups in total. The average molecular weight is 254 g/mol. The van der Waals surface area contributed by atoms with E-state index in [1.165, 1.54) is 0 Å². The van der Waals surface area contributed by atoms with Crippen molar-refractivity contribution in [2.24, 2.45) is 4.99 Å². The molecule has 2 rings (SSSR count). The van der Waals surface area contributed by atoms with Gasteiger partial charge >= 0.3 is 0 Å². The number of hydrogen-bond donors (Lipinski definition) is 0. The van der Waals surface area contributed by atoms with Gasteiger partial charge in [-0.05, 0) is 29.8 Å². The third-order valence-corrected chi connectivity index (χ3v) is 3.30. The second-order valence-corrected chi connectivity index (χ2v) is 4.67. The summed E-state index contributed by atoms with van der Waals surface area (Å²) in [5, 5.41) is 0. The van der Waals surface area contributed by atoms with E-state index in [0.29, 0.717) is 13.0 Å². The maximum Gasteiger partial charge on any atom is 0.227 e. The van der Waals surface area contributed by atoms with Gasteiger partial charge in [0.15, 0.2) is 0 Å². The lowest BCUT2D eigenvalue weighted by Crippen LogP contribution is -2.38. The number of benzene rings is 1. The SMILES string of the molecule is C=N/C=C1/CN(C(=O)Cc2ccccc2)CCC1=C. The Bertz CT molecular complexity index is 517. The molecule has 1 saturated heterocycles. The Balaban J connectivity index is 2.02. The first-order chi connectivity index (χ1) is 9.20. The molecular weight excluding hydrogens is 236 g/mol. The first-order valence-electron chi connectivity index (χ1n) is 6.35. The van der Waals surface area contributed by atoms with Crippen LogP contribution in [-0.2, 0) is 11.2 Å². The maximum absolute atomic E-state index is 12.2. The molecule has 98 valence electrons. The molecule has 0 aromatic heterocycles. The van der Waals surface area contributed by atoms with E-state index in [2.05, 4.69) is 18.3 Å². The molecule has 1 amide bonds. The van der Waals surface area contributed by atoms with Gasteiger partial charge in [-0.1, -0.05) is 36.9 Å². The Hall–Kier alpha value is -2.16. The molecule has 0 spiro atoms. The lowest BCUT2D eigenvalue weighted by molar-refractivity contribution is -0.130. The highest BCUT2D eigenvalue weighted by atomic mass is 16.2. The van der Waals surface area contributed by atoms with Crippen molar-refractivity contribution in [3.8, 4) is 0 Å². The summed E-state index contributed by atoms with van der Waals surface area (Å²) in [6.45, 7) is 8.78. The van der Waals surface area contributed by atoms with E-state index in [9.17, 15) is 4.79 Å². The maximum atomic E-state index is 12.2. The summed E-state index contributed by atoms with van der Waals surface area (Å²) in [6.07, 6.45) is 2.95. The lowest BCUT2D eigenvalue weighted by atomic mass is 9.99. The number of aliphatic imine (C=N–C) groups is 1. The fourth-order valence-electron chi connectivity index (χ4n) is 2.16. The Kier molecular flexibility index (Phi) is 4.29. The van der Waals surface area contributed by atoms with Gasteiger partial charge in [0.2, 0.25) is 5.91 Å². The quantitative estimate of drug-likeness (QED) is 0.763. The number of piperidine rings is 1. The molecule has 1 heterocycles. The number of hydrogen-bond acceptors (Lipinski definition) is 2. The molecule has 0 bridgehead atoms. The third kappa shape index (κ3) is 3.41. The molecule has 3 heteroatoms. The molecule has 0 unspecified atom stereocenters. The summed E-state index contributed by atoms with van der Waals surface area (Å²) in [4.78, 5) is 17.9. The van der Waals surface area contributed by atoms with Crippen LogP contribution in [0, 0.1) is 0 Å². The van der Waals surface area contributed by atoms with Crippen LogP contribution in [0.3, 0.4) is 0 Å². The number of likely N-dealkylation sites (tertiary alicyclic amines) is 1. The fourth-order valence-corrected chi connectivity index (χ4v) is 2.16. The van der Waals surface area contributed by atoms with Crippen molar-refractivity contribution in [2.75, 3.05) is 13.1 Å². The second-order valence-electron chi connectivity index (χ2n) is 4.67. The van der Waals surface area contributed by atoms with Gasteiger partial charge in [0, 0.05) is 19.3 Å². The third-order valence-electron chi connectivity index (χ3n) is 3.30. The minimum absolute atomic E-state index is 0.147. The van der Waals surface area contributed by atoms with Gasteiger partial charge < -0.3 is 4.90 Å². The Morgan fingerprint density at radius 2 is 2.11 bits per heavy atom. The highest BCUT2D eigenvalue weighted by molar-refractivity contribution is 5.79. The zero-order valence-electron chi connectivity index (χ0n) is 11.0. The number of amides is 1. The van der Waals surface area contributed by atoms with Gasteiger partial charge in [0.1, 0.15) is 0 Å². The highest BCUT2D eigenvalue weighted by Gasteiger charge is 2.21. The van der Waals surface area contributed by atoms with Crippen LogP contribution in [-0.4, -0.2) is 30.6 Å². The minimum Gasteiger partial charge on any atom is -0.338 e. The molecule has 0 radical (unpaired) electrons. The van der Waals surface area contributed by atoms with E-state index in [4.69, 9.17) is 0 Å². The van der Waals surface area contributed by atoms with Crippen molar-refractivity contribution in [3.05, 3.63) is 59.8 Å². The lowest BCUT2D eigenvalue weighted by Gasteiger charge is -2.30. The van der Waals surface area contributed by atoms with Crippen LogP contribution in [0.25, 0.3) is 0 Å². The van der Waals surface area contributed by atoms with Crippen LogP contribution in [0.1, 0.15) is 12.0 Å². The number of carbonyl (C=O) groups excluding carboxylic acids is 1. The number of nitrogens with zero attached hydrogens (tertiary/aromatic N) is 2. The Labute approximate surface area is 114 Å². The topological polar surface area (TPSA) is 32.7 Å². The molecule has 1 aliphatic heterocycles. The summed E-state index contributed by atoms with van der Waals surface area (Å²) in [5.74, 6) is 0.147. The first kappa shape index (κ1) is 13.3. The largest absolute Gasteiger partial charge is 0.338 e. The van der Waals surface area contributed by atoms with Gasteiger partial charge in [-0.25, -0.2) is 0 Å². The fraction of sp³-hybridized carbons (Fsp3) is 0.250. The molecule has 0 aliphatic carbocycles. The van der Waals surface area contributed by atoms with E-state index in [0.717, 1.165) is 29.7 Å². The number of carbonyl (C=O) groups is 1. The van der Waals surface area contributed by atoms with Gasteiger partial charge in [-0.3, -0.25) is 9.79 Å². The van der Waals surface area contributed by atoms with E-state index in [-0.39, 0.29) is 5.91 Å². The van der Waals surface area contributed by atoms with Gasteiger partial charge in [0.05, 0.1) is 6.42 Å². The van der Waals surface area contributed by atoms with E-state index in [1.807, 2.05) is 35.2 Å². The van der Waals surface area contributed by atoms with E-state index in [1.54, 1.807) is 6.20 Å². The summed E-state index contributed by atoms with van der Waals surface area (Å²) < 4.78 is 0. The summed E-state index contributed by atoms with van der Waals surface area (Å²) in [6, 6.07) is 9.81. The molecule has 0 atom stereocenters. The van der Waals surface area contributed by atoms with Crippen molar-refractivity contribution in [3.63, 3.8) is 0 Å². The van der Waals surface area contributed by atoms with Crippen molar-refractivity contribution < 1.29 is 4.79 Å². The predicted molar refractivity (Wildman–Crippen MR) is 78.1 cm³/mol. The summed E-state index contributed by atoms with van der Waals surface area (Å²) in [5.41, 5.74) is 3.10. The van der Waals surface area contributed by atoms with Crippen LogP contribution >= 0.6 is 0 Å². The number of rotatable bonds is 3. The van der Waals surface area contributed by atoms with Crippen molar-refractivity contribution >= 4 is 12.6 Å². The Morgan fingerprint density at radius 1 is 1.37 bits per heavy atom. The Morgan fingerprint density at radius 3 is 2.79 bits per heavy atom. The van der Waals surface area contributed by atoms with Crippen molar-refractivity contribution in [1.29, 1.82) is 0 Å². The molecular formula is C16H18N2O. The smallest absolute Gasteiger partial charge is 0.227 e. The van der Waals surface area contributed by atoms with E-state index < -0.39 is 0 Å².